The first-order valence-corrected chi connectivity index (χ1v) is 9.86. The van der Waals surface area contributed by atoms with E-state index in [1.807, 2.05) is 53.4 Å². The number of halogens is 1. The molecule has 0 aromatic heterocycles. The summed E-state index contributed by atoms with van der Waals surface area (Å²) in [7, 11) is 1.64. The number of methoxy groups -OCH3 is 1. The first kappa shape index (κ1) is 21.0. The van der Waals surface area contributed by atoms with E-state index in [-0.39, 0.29) is 18.4 Å². The molecule has 3 N–H and O–H groups in total. The Labute approximate surface area is 176 Å². The van der Waals surface area contributed by atoms with Crippen LogP contribution in [0.25, 0.3) is 0 Å². The molecule has 1 heterocycles. The minimum Gasteiger partial charge on any atom is -0.380 e. The van der Waals surface area contributed by atoms with E-state index in [4.69, 9.17) is 22.1 Å². The van der Waals surface area contributed by atoms with E-state index in [0.29, 0.717) is 19.7 Å². The van der Waals surface area contributed by atoms with Crippen LogP contribution >= 0.6 is 11.6 Å². The van der Waals surface area contributed by atoms with Crippen LogP contribution in [0.5, 0.6) is 0 Å². The van der Waals surface area contributed by atoms with Crippen molar-refractivity contribution >= 4 is 34.8 Å². The number of guanidine groups is 1. The van der Waals surface area contributed by atoms with Crippen LogP contribution in [-0.4, -0.2) is 56.6 Å². The minimum absolute atomic E-state index is 0.0201. The monoisotopic (exact) mass is 415 g/mol. The summed E-state index contributed by atoms with van der Waals surface area (Å²) < 4.78 is 5.18. The van der Waals surface area contributed by atoms with Crippen molar-refractivity contribution in [2.24, 2.45) is 10.7 Å². The van der Waals surface area contributed by atoms with Crippen molar-refractivity contribution in [3.8, 4) is 0 Å². The summed E-state index contributed by atoms with van der Waals surface area (Å²) in [6.07, 6.45) is 0. The van der Waals surface area contributed by atoms with E-state index >= 15 is 0 Å². The van der Waals surface area contributed by atoms with E-state index in [1.165, 1.54) is 0 Å². The summed E-state index contributed by atoms with van der Waals surface area (Å²) >= 11 is 5.95. The molecule has 3 rings (SSSR count). The molecule has 7 nitrogen and oxygen atoms in total. The van der Waals surface area contributed by atoms with Gasteiger partial charge in [0.15, 0.2) is 5.96 Å². The topological polar surface area (TPSA) is 83.2 Å². The van der Waals surface area contributed by atoms with Crippen LogP contribution in [0.2, 0.25) is 5.02 Å². The molecule has 0 bridgehead atoms. The number of benzene rings is 2. The summed E-state index contributed by atoms with van der Waals surface area (Å²) in [6, 6.07) is 15.4. The van der Waals surface area contributed by atoms with Crippen LogP contribution in [0.15, 0.2) is 53.5 Å². The Morgan fingerprint density at radius 2 is 1.83 bits per heavy atom. The van der Waals surface area contributed by atoms with Gasteiger partial charge in [-0.2, -0.15) is 0 Å². The molecule has 29 heavy (non-hydrogen) atoms. The maximum Gasteiger partial charge on any atom is 0.244 e. The molecule has 1 aliphatic rings. The number of piperazine rings is 1. The summed E-state index contributed by atoms with van der Waals surface area (Å²) in [5.74, 6) is 0.178. The van der Waals surface area contributed by atoms with Gasteiger partial charge in [-0.05, 0) is 30.3 Å². The number of aliphatic imine (C=N–C) groups is 1. The Kier molecular flexibility index (Phi) is 7.32. The lowest BCUT2D eigenvalue weighted by atomic mass is 10.2. The highest BCUT2D eigenvalue weighted by Gasteiger charge is 2.21. The number of hydrogen-bond acceptors (Lipinski definition) is 4. The van der Waals surface area contributed by atoms with Crippen LogP contribution < -0.4 is 16.0 Å². The van der Waals surface area contributed by atoms with Crippen molar-refractivity contribution in [3.63, 3.8) is 0 Å². The van der Waals surface area contributed by atoms with Gasteiger partial charge in [0.25, 0.3) is 0 Å². The summed E-state index contributed by atoms with van der Waals surface area (Å²) in [5, 5.41) is 3.76. The Morgan fingerprint density at radius 3 is 2.52 bits per heavy atom. The largest absolute Gasteiger partial charge is 0.380 e. The summed E-state index contributed by atoms with van der Waals surface area (Å²) in [4.78, 5) is 20.8. The van der Waals surface area contributed by atoms with Crippen molar-refractivity contribution in [1.82, 2.24) is 4.90 Å². The first-order chi connectivity index (χ1) is 14.1. The van der Waals surface area contributed by atoms with Crippen LogP contribution in [-0.2, 0) is 16.1 Å². The number of rotatable bonds is 6. The fourth-order valence-corrected chi connectivity index (χ4v) is 3.35. The quantitative estimate of drug-likeness (QED) is 0.559. The minimum atomic E-state index is -0.0318. The lowest BCUT2D eigenvalue weighted by Gasteiger charge is -2.36. The fourth-order valence-electron chi connectivity index (χ4n) is 3.22. The molecule has 2 aromatic rings. The average molecular weight is 416 g/mol. The highest BCUT2D eigenvalue weighted by Crippen LogP contribution is 2.19. The van der Waals surface area contributed by atoms with Crippen LogP contribution in [0.4, 0.5) is 11.4 Å². The maximum atomic E-state index is 12.5. The van der Waals surface area contributed by atoms with Gasteiger partial charge in [0, 0.05) is 55.2 Å². The van der Waals surface area contributed by atoms with Gasteiger partial charge in [0.05, 0.1) is 6.61 Å². The third-order valence-corrected chi connectivity index (χ3v) is 5.04. The number of carbonyl (C=O) groups excluding carboxylic acids is 1. The van der Waals surface area contributed by atoms with Crippen molar-refractivity contribution in [2.75, 3.05) is 50.1 Å². The van der Waals surface area contributed by atoms with Gasteiger partial charge in [-0.1, -0.05) is 29.8 Å². The molecule has 0 unspecified atom stereocenters. The third kappa shape index (κ3) is 5.85. The van der Waals surface area contributed by atoms with E-state index in [0.717, 1.165) is 35.1 Å². The van der Waals surface area contributed by atoms with Gasteiger partial charge >= 0.3 is 0 Å². The molecule has 1 aliphatic heterocycles. The summed E-state index contributed by atoms with van der Waals surface area (Å²) in [6.45, 7) is 3.34. The Morgan fingerprint density at radius 1 is 1.14 bits per heavy atom. The van der Waals surface area contributed by atoms with Crippen LogP contribution in [0.1, 0.15) is 5.56 Å². The second-order valence-electron chi connectivity index (χ2n) is 6.76. The van der Waals surface area contributed by atoms with Gasteiger partial charge in [0.1, 0.15) is 6.54 Å². The van der Waals surface area contributed by atoms with Crippen molar-refractivity contribution in [3.05, 3.63) is 59.1 Å². The fraction of sp³-hybridized carbons (Fsp3) is 0.333. The summed E-state index contributed by atoms with van der Waals surface area (Å²) in [5.41, 5.74) is 8.87. The lowest BCUT2D eigenvalue weighted by molar-refractivity contribution is -0.129. The molecule has 0 spiro atoms. The number of anilines is 2. The van der Waals surface area contributed by atoms with E-state index < -0.39 is 0 Å². The normalized spacial score (nSPS) is 14.8. The molecule has 0 aliphatic carbocycles. The number of nitrogens with two attached hydrogens (primary N) is 1. The zero-order valence-corrected chi connectivity index (χ0v) is 17.2. The standard InChI is InChI=1S/C21H26ClN5O2/c1-29-15-16-4-2-3-5-19(16)25-21(23)24-14-20(28)27-12-10-26(11-13-27)18-8-6-17(22)7-9-18/h2-9H,10-15H2,1H3,(H3,23,24,25). The Bertz CT molecular complexity index is 848. The van der Waals surface area contributed by atoms with Crippen LogP contribution in [0.3, 0.4) is 0 Å². The molecule has 1 fully saturated rings. The Balaban J connectivity index is 1.50. The number of para-hydroxylation sites is 1. The molecule has 8 heteroatoms. The molecule has 154 valence electrons. The highest BCUT2D eigenvalue weighted by molar-refractivity contribution is 6.30. The van der Waals surface area contributed by atoms with Gasteiger partial charge in [-0.25, -0.2) is 4.99 Å². The third-order valence-electron chi connectivity index (χ3n) is 4.79. The number of nitrogens with zero attached hydrogens (tertiary/aromatic N) is 3. The maximum absolute atomic E-state index is 12.5. The zero-order valence-electron chi connectivity index (χ0n) is 16.5. The molecule has 2 aromatic carbocycles. The molecule has 1 amide bonds. The number of nitrogens with one attached hydrogen (secondary N) is 1. The van der Waals surface area contributed by atoms with Crippen molar-refractivity contribution in [2.45, 2.75) is 6.61 Å². The van der Waals surface area contributed by atoms with Crippen molar-refractivity contribution in [1.29, 1.82) is 0 Å². The molecule has 0 saturated carbocycles. The number of hydrogen-bond donors (Lipinski definition) is 2. The molecular weight excluding hydrogens is 390 g/mol. The molecule has 0 radical (unpaired) electrons. The van der Waals surface area contributed by atoms with E-state index in [2.05, 4.69) is 15.2 Å². The second kappa shape index (κ2) is 10.1. The number of amides is 1. The predicted octanol–water partition coefficient (Wildman–Crippen LogP) is 2.56. The molecule has 0 atom stereocenters. The highest BCUT2D eigenvalue weighted by atomic mass is 35.5. The van der Waals surface area contributed by atoms with E-state index in [1.54, 1.807) is 7.11 Å². The average Bonchev–Trinajstić information content (AvgIpc) is 2.74. The molecule has 1 saturated heterocycles. The first-order valence-electron chi connectivity index (χ1n) is 9.49. The SMILES string of the molecule is COCc1ccccc1NC(N)=NCC(=O)N1CCN(c2ccc(Cl)cc2)CC1. The Hall–Kier alpha value is -2.77. The van der Waals surface area contributed by atoms with Crippen molar-refractivity contribution < 1.29 is 9.53 Å². The van der Waals surface area contributed by atoms with Gasteiger partial charge in [0.2, 0.25) is 5.91 Å². The zero-order chi connectivity index (χ0) is 20.6. The second-order valence-corrected chi connectivity index (χ2v) is 7.20. The van der Waals surface area contributed by atoms with Gasteiger partial charge in [-0.3, -0.25) is 4.79 Å². The molecular formula is C21H26ClN5O2. The smallest absolute Gasteiger partial charge is 0.244 e. The predicted molar refractivity (Wildman–Crippen MR) is 118 cm³/mol. The van der Waals surface area contributed by atoms with E-state index in [9.17, 15) is 4.79 Å². The number of ether oxygens (including phenoxy) is 1. The lowest BCUT2D eigenvalue weighted by Crippen LogP contribution is -2.49. The number of carbonyl (C=O) groups is 1. The van der Waals surface area contributed by atoms with Gasteiger partial charge < -0.3 is 25.6 Å². The van der Waals surface area contributed by atoms with Crippen LogP contribution in [0, 0.1) is 0 Å². The van der Waals surface area contributed by atoms with Gasteiger partial charge in [-0.15, -0.1) is 0 Å².